The molecule has 0 spiro atoms. The van der Waals surface area contributed by atoms with Crippen LogP contribution in [0.25, 0.3) is 11.7 Å². The molecule has 1 aliphatic heterocycles. The molecule has 1 saturated carbocycles. The van der Waals surface area contributed by atoms with Gasteiger partial charge in [-0.05, 0) is 61.4 Å². The topological polar surface area (TPSA) is 112 Å². The van der Waals surface area contributed by atoms with E-state index in [0.717, 1.165) is 29.9 Å². The van der Waals surface area contributed by atoms with E-state index in [1.165, 1.54) is 12.1 Å². The van der Waals surface area contributed by atoms with E-state index in [2.05, 4.69) is 31.3 Å². The summed E-state index contributed by atoms with van der Waals surface area (Å²) in [5, 5.41) is 16.7. The predicted octanol–water partition coefficient (Wildman–Crippen LogP) is 4.36. The lowest BCUT2D eigenvalue weighted by atomic mass is 10.1. The van der Waals surface area contributed by atoms with E-state index in [1.54, 1.807) is 41.2 Å². The second-order valence-electron chi connectivity index (χ2n) is 8.88. The normalized spacial score (nSPS) is 16.4. The molecule has 0 bridgehead atoms. The monoisotopic (exact) mass is 483 g/mol. The Morgan fingerprint density at radius 3 is 2.56 bits per heavy atom. The molecule has 4 aromatic rings. The van der Waals surface area contributed by atoms with Crippen LogP contribution in [0.5, 0.6) is 0 Å². The fourth-order valence-electron chi connectivity index (χ4n) is 4.07. The first-order valence-electron chi connectivity index (χ1n) is 11.6. The van der Waals surface area contributed by atoms with Gasteiger partial charge >= 0.3 is 0 Å². The summed E-state index contributed by atoms with van der Waals surface area (Å²) in [5.74, 6) is -0.448. The average Bonchev–Trinajstić information content (AvgIpc) is 3.47. The number of carbonyl (C=O) groups excluding carboxylic acids is 2. The van der Waals surface area contributed by atoms with Gasteiger partial charge in [-0.1, -0.05) is 6.07 Å². The third-order valence-corrected chi connectivity index (χ3v) is 5.89. The molecule has 3 heterocycles. The predicted molar refractivity (Wildman–Crippen MR) is 135 cm³/mol. The summed E-state index contributed by atoms with van der Waals surface area (Å²) in [7, 11) is 0. The lowest BCUT2D eigenvalue weighted by molar-refractivity contribution is -0.124. The molecule has 180 valence electrons. The van der Waals surface area contributed by atoms with E-state index in [1.807, 2.05) is 18.2 Å². The Morgan fingerprint density at radius 2 is 1.81 bits per heavy atom. The van der Waals surface area contributed by atoms with Crippen molar-refractivity contribution in [3.05, 3.63) is 77.9 Å². The average molecular weight is 484 g/mol. The zero-order chi connectivity index (χ0) is 24.6. The van der Waals surface area contributed by atoms with Crippen LogP contribution in [0.4, 0.5) is 33.0 Å². The number of rotatable bonds is 7. The highest BCUT2D eigenvalue weighted by molar-refractivity contribution is 6.15. The molecule has 2 aliphatic rings. The van der Waals surface area contributed by atoms with Crippen LogP contribution in [0, 0.1) is 5.82 Å². The van der Waals surface area contributed by atoms with E-state index in [9.17, 15) is 14.0 Å². The van der Waals surface area contributed by atoms with Crippen molar-refractivity contribution in [1.82, 2.24) is 19.9 Å². The number of anilines is 5. The van der Waals surface area contributed by atoms with Gasteiger partial charge in [-0.2, -0.15) is 5.10 Å². The van der Waals surface area contributed by atoms with Gasteiger partial charge in [-0.3, -0.25) is 14.9 Å². The van der Waals surface area contributed by atoms with E-state index in [0.29, 0.717) is 34.3 Å². The van der Waals surface area contributed by atoms with Crippen LogP contribution in [-0.2, 0) is 9.59 Å². The van der Waals surface area contributed by atoms with E-state index >= 15 is 0 Å². The third kappa shape index (κ3) is 4.74. The van der Waals surface area contributed by atoms with Gasteiger partial charge in [0.1, 0.15) is 11.6 Å². The maximum atomic E-state index is 13.7. The van der Waals surface area contributed by atoms with Crippen molar-refractivity contribution in [2.75, 3.05) is 16.0 Å². The molecule has 0 atom stereocenters. The van der Waals surface area contributed by atoms with Gasteiger partial charge in [0.25, 0.3) is 5.91 Å². The zero-order valence-electron chi connectivity index (χ0n) is 19.1. The van der Waals surface area contributed by atoms with Crippen molar-refractivity contribution < 1.29 is 14.0 Å². The smallest absolute Gasteiger partial charge is 0.254 e. The number of carbonyl (C=O) groups is 2. The van der Waals surface area contributed by atoms with Crippen molar-refractivity contribution in [2.45, 2.75) is 25.3 Å². The minimum absolute atomic E-state index is 0.0377. The molecule has 2 fully saturated rings. The van der Waals surface area contributed by atoms with Gasteiger partial charge in [0.05, 0.1) is 12.6 Å². The van der Waals surface area contributed by atoms with Crippen molar-refractivity contribution in [3.8, 4) is 0 Å². The molecule has 1 aliphatic carbocycles. The summed E-state index contributed by atoms with van der Waals surface area (Å²) in [6.07, 6.45) is 7.31. The number of fused-ring (bicyclic) bond motifs is 1. The SMILES string of the molecule is O=C1C/C(=C/c2cnn3ccc(Nc4cc(Nc5cccc(F)c5)cc(NC5CC5)c4)nc23)C(=O)N1. The van der Waals surface area contributed by atoms with E-state index < -0.39 is 5.91 Å². The number of amides is 2. The summed E-state index contributed by atoms with van der Waals surface area (Å²) < 4.78 is 15.3. The summed E-state index contributed by atoms with van der Waals surface area (Å²) in [6, 6.07) is 14.5. The van der Waals surface area contributed by atoms with E-state index in [4.69, 9.17) is 0 Å². The fourth-order valence-corrected chi connectivity index (χ4v) is 4.07. The highest BCUT2D eigenvalue weighted by atomic mass is 19.1. The lowest BCUT2D eigenvalue weighted by Crippen LogP contribution is -2.19. The minimum atomic E-state index is -0.396. The molecule has 2 amide bonds. The maximum absolute atomic E-state index is 13.7. The number of imide groups is 1. The van der Waals surface area contributed by atoms with Gasteiger partial charge in [0.15, 0.2) is 5.65 Å². The first kappa shape index (κ1) is 21.8. The Kier molecular flexibility index (Phi) is 5.33. The molecule has 4 N–H and O–H groups in total. The summed E-state index contributed by atoms with van der Waals surface area (Å²) >= 11 is 0. The number of hydrogen-bond acceptors (Lipinski definition) is 7. The molecule has 9 nitrogen and oxygen atoms in total. The Hall–Kier alpha value is -4.73. The zero-order valence-corrected chi connectivity index (χ0v) is 19.1. The Bertz CT molecular complexity index is 1540. The fraction of sp³-hybridized carbons (Fsp3) is 0.154. The van der Waals surface area contributed by atoms with Crippen LogP contribution in [0.1, 0.15) is 24.8 Å². The van der Waals surface area contributed by atoms with Gasteiger partial charge < -0.3 is 16.0 Å². The number of halogens is 1. The van der Waals surface area contributed by atoms with Crippen LogP contribution in [-0.4, -0.2) is 32.5 Å². The summed E-state index contributed by atoms with van der Waals surface area (Å²) in [4.78, 5) is 28.2. The summed E-state index contributed by atoms with van der Waals surface area (Å²) in [6.45, 7) is 0. The molecule has 0 radical (unpaired) electrons. The van der Waals surface area contributed by atoms with Crippen LogP contribution >= 0.6 is 0 Å². The van der Waals surface area contributed by atoms with Gasteiger partial charge in [0, 0.05) is 46.1 Å². The second-order valence-corrected chi connectivity index (χ2v) is 8.88. The molecule has 2 aromatic carbocycles. The molecule has 36 heavy (non-hydrogen) atoms. The number of nitrogens with zero attached hydrogens (tertiary/aromatic N) is 3. The largest absolute Gasteiger partial charge is 0.382 e. The minimum Gasteiger partial charge on any atom is -0.382 e. The van der Waals surface area contributed by atoms with Crippen LogP contribution in [0.3, 0.4) is 0 Å². The summed E-state index contributed by atoms with van der Waals surface area (Å²) in [5.41, 5.74) is 4.73. The first-order valence-corrected chi connectivity index (χ1v) is 11.6. The quantitative estimate of drug-likeness (QED) is 0.228. The van der Waals surface area contributed by atoms with Crippen molar-refractivity contribution in [1.29, 1.82) is 0 Å². The number of nitrogens with one attached hydrogen (secondary N) is 4. The van der Waals surface area contributed by atoms with Crippen molar-refractivity contribution >= 4 is 52.1 Å². The highest BCUT2D eigenvalue weighted by Gasteiger charge is 2.24. The molecule has 6 rings (SSSR count). The van der Waals surface area contributed by atoms with Crippen molar-refractivity contribution in [3.63, 3.8) is 0 Å². The molecule has 0 unspecified atom stereocenters. The Labute approximate surface area is 205 Å². The van der Waals surface area contributed by atoms with Crippen LogP contribution in [0.15, 0.2) is 66.5 Å². The number of hydrogen-bond donors (Lipinski definition) is 4. The maximum Gasteiger partial charge on any atom is 0.254 e. The lowest BCUT2D eigenvalue weighted by Gasteiger charge is -2.14. The number of benzene rings is 2. The van der Waals surface area contributed by atoms with E-state index in [-0.39, 0.29) is 18.1 Å². The molecule has 10 heteroatoms. The van der Waals surface area contributed by atoms with Crippen molar-refractivity contribution in [2.24, 2.45) is 0 Å². The molecule has 1 saturated heterocycles. The van der Waals surface area contributed by atoms with Crippen LogP contribution < -0.4 is 21.3 Å². The molecular weight excluding hydrogens is 461 g/mol. The highest BCUT2D eigenvalue weighted by Crippen LogP contribution is 2.31. The number of aromatic nitrogens is 3. The van der Waals surface area contributed by atoms with Crippen LogP contribution in [0.2, 0.25) is 0 Å². The second kappa shape index (κ2) is 8.81. The van der Waals surface area contributed by atoms with Gasteiger partial charge in [0.2, 0.25) is 5.91 Å². The standard InChI is InChI=1S/C26H22FN7O2/c27-17-2-1-3-19(10-17)30-21-11-20(29-18-4-5-18)12-22(13-21)31-23-6-7-34-25(32-23)16(14-28-34)8-15-9-24(35)33-26(15)36/h1-3,6-8,10-14,18,29-30H,4-5,9H2,(H,31,32)(H,33,35,36)/b15-8-. The van der Waals surface area contributed by atoms with Gasteiger partial charge in [-0.25, -0.2) is 13.9 Å². The van der Waals surface area contributed by atoms with Gasteiger partial charge in [-0.15, -0.1) is 0 Å². The Morgan fingerprint density at radius 1 is 1.00 bits per heavy atom. The third-order valence-electron chi connectivity index (χ3n) is 5.89. The Balaban J connectivity index is 1.30. The first-order chi connectivity index (χ1) is 17.5. The molecular formula is C26H22FN7O2. The molecule has 2 aromatic heterocycles.